The van der Waals surface area contributed by atoms with E-state index < -0.39 is 0 Å². The number of hydrogen-bond acceptors (Lipinski definition) is 3. The number of ether oxygens (including phenoxy) is 1. The first-order valence-electron chi connectivity index (χ1n) is 4.09. The van der Waals surface area contributed by atoms with Crippen molar-refractivity contribution in [2.24, 2.45) is 0 Å². The van der Waals surface area contributed by atoms with Crippen molar-refractivity contribution >= 4 is 28.5 Å². The molecule has 0 aliphatic carbocycles. The molecular weight excluding hydrogens is 248 g/mol. The van der Waals surface area contributed by atoms with E-state index in [1.54, 1.807) is 19.1 Å². The molecule has 0 spiro atoms. The van der Waals surface area contributed by atoms with Gasteiger partial charge in [-0.25, -0.2) is 0 Å². The molecule has 0 heterocycles. The first kappa shape index (κ1) is 10.9. The zero-order chi connectivity index (χ0) is 10.6. The lowest BCUT2D eigenvalue weighted by molar-refractivity contribution is 0.111. The van der Waals surface area contributed by atoms with E-state index in [-0.39, 0.29) is 0 Å². The lowest BCUT2D eigenvalue weighted by Gasteiger charge is -2.08. The quantitative estimate of drug-likeness (QED) is 0.778. The van der Waals surface area contributed by atoms with Crippen LogP contribution in [0, 0.1) is 0 Å². The van der Waals surface area contributed by atoms with Crippen molar-refractivity contribution < 1.29 is 14.3 Å². The molecule has 0 unspecified atom stereocenters. The Bertz CT molecular complexity index is 331. The van der Waals surface area contributed by atoms with Gasteiger partial charge in [-0.05, 0) is 19.1 Å². The Balaban J connectivity index is 3.31. The molecule has 1 aromatic carbocycles. The minimum Gasteiger partial charge on any atom is -0.492 e. The van der Waals surface area contributed by atoms with Crippen molar-refractivity contribution in [3.63, 3.8) is 0 Å². The summed E-state index contributed by atoms with van der Waals surface area (Å²) in [6.07, 6.45) is 1.34. The van der Waals surface area contributed by atoms with Gasteiger partial charge in [0.05, 0.1) is 17.7 Å². The van der Waals surface area contributed by atoms with Gasteiger partial charge in [0.15, 0.2) is 12.6 Å². The molecule has 0 atom stereocenters. The number of aldehydes is 2. The molecule has 4 heteroatoms. The second-order valence-electron chi connectivity index (χ2n) is 2.58. The van der Waals surface area contributed by atoms with E-state index in [9.17, 15) is 9.59 Å². The Morgan fingerprint density at radius 1 is 1.29 bits per heavy atom. The fourth-order valence-electron chi connectivity index (χ4n) is 1.12. The molecule has 0 aliphatic heterocycles. The number of benzene rings is 1. The average Bonchev–Trinajstić information content (AvgIpc) is 2.20. The van der Waals surface area contributed by atoms with Crippen LogP contribution in [0.1, 0.15) is 27.6 Å². The van der Waals surface area contributed by atoms with Crippen LogP contribution in [0.2, 0.25) is 0 Å². The second kappa shape index (κ2) is 4.91. The topological polar surface area (TPSA) is 43.4 Å². The molecule has 0 bridgehead atoms. The predicted octanol–water partition coefficient (Wildman–Crippen LogP) is 2.47. The largest absolute Gasteiger partial charge is 0.492 e. The van der Waals surface area contributed by atoms with E-state index in [4.69, 9.17) is 4.74 Å². The molecule has 0 aliphatic rings. The molecule has 0 saturated carbocycles. The van der Waals surface area contributed by atoms with Gasteiger partial charge in [0.25, 0.3) is 0 Å². The van der Waals surface area contributed by atoms with Crippen molar-refractivity contribution in [1.82, 2.24) is 0 Å². The summed E-state index contributed by atoms with van der Waals surface area (Å²) in [4.78, 5) is 21.4. The third-order valence-corrected chi connectivity index (χ3v) is 2.11. The van der Waals surface area contributed by atoms with E-state index in [0.717, 1.165) is 0 Å². The monoisotopic (exact) mass is 256 g/mol. The third-order valence-electron chi connectivity index (χ3n) is 1.65. The van der Waals surface area contributed by atoms with Gasteiger partial charge in [-0.3, -0.25) is 9.59 Å². The van der Waals surface area contributed by atoms with Crippen LogP contribution in [0.15, 0.2) is 16.6 Å². The van der Waals surface area contributed by atoms with Crippen LogP contribution in [-0.2, 0) is 0 Å². The van der Waals surface area contributed by atoms with Gasteiger partial charge in [0, 0.05) is 4.47 Å². The lowest BCUT2D eigenvalue weighted by Crippen LogP contribution is -2.00. The van der Waals surface area contributed by atoms with Crippen molar-refractivity contribution in [2.75, 3.05) is 6.61 Å². The highest BCUT2D eigenvalue weighted by molar-refractivity contribution is 9.10. The highest BCUT2D eigenvalue weighted by Crippen LogP contribution is 2.26. The van der Waals surface area contributed by atoms with Crippen molar-refractivity contribution in [2.45, 2.75) is 6.92 Å². The van der Waals surface area contributed by atoms with E-state index in [1.807, 2.05) is 0 Å². The van der Waals surface area contributed by atoms with Crippen LogP contribution in [0.4, 0.5) is 0 Å². The van der Waals surface area contributed by atoms with Gasteiger partial charge in [0.1, 0.15) is 5.75 Å². The van der Waals surface area contributed by atoms with Gasteiger partial charge in [-0.1, -0.05) is 15.9 Å². The molecule has 0 fully saturated rings. The molecule has 74 valence electrons. The van der Waals surface area contributed by atoms with Crippen LogP contribution >= 0.6 is 15.9 Å². The minimum absolute atomic E-state index is 0.348. The molecule has 0 saturated heterocycles. The Morgan fingerprint density at radius 2 is 1.79 bits per heavy atom. The van der Waals surface area contributed by atoms with Gasteiger partial charge in [0.2, 0.25) is 0 Å². The molecule has 0 radical (unpaired) electrons. The van der Waals surface area contributed by atoms with E-state index >= 15 is 0 Å². The van der Waals surface area contributed by atoms with Gasteiger partial charge < -0.3 is 4.74 Å². The molecular formula is C10H9BrO3. The Hall–Kier alpha value is -1.16. The predicted molar refractivity (Wildman–Crippen MR) is 56.1 cm³/mol. The molecule has 0 aromatic heterocycles. The SMILES string of the molecule is CCOc1c(C=O)cc(Br)cc1C=O. The second-order valence-corrected chi connectivity index (χ2v) is 3.50. The maximum Gasteiger partial charge on any atom is 0.153 e. The third kappa shape index (κ3) is 2.20. The number of carbonyl (C=O) groups is 2. The lowest BCUT2D eigenvalue weighted by atomic mass is 10.1. The molecule has 0 amide bonds. The van der Waals surface area contributed by atoms with Crippen molar-refractivity contribution in [1.29, 1.82) is 0 Å². The van der Waals surface area contributed by atoms with Crippen LogP contribution in [0.25, 0.3) is 0 Å². The van der Waals surface area contributed by atoms with Crippen molar-refractivity contribution in [3.8, 4) is 5.75 Å². The summed E-state index contributed by atoms with van der Waals surface area (Å²) in [6.45, 7) is 2.22. The number of rotatable bonds is 4. The highest BCUT2D eigenvalue weighted by Gasteiger charge is 2.10. The number of carbonyl (C=O) groups excluding carboxylic acids is 2. The highest BCUT2D eigenvalue weighted by atomic mass is 79.9. The van der Waals surface area contributed by atoms with Crippen LogP contribution < -0.4 is 4.74 Å². The van der Waals surface area contributed by atoms with Gasteiger partial charge in [-0.15, -0.1) is 0 Å². The standard InChI is InChI=1S/C10H9BrO3/c1-2-14-10-7(5-12)3-9(11)4-8(10)6-13/h3-6H,2H2,1H3. The Kier molecular flexibility index (Phi) is 3.83. The van der Waals surface area contributed by atoms with Crippen LogP contribution in [-0.4, -0.2) is 19.2 Å². The maximum absolute atomic E-state index is 10.7. The Morgan fingerprint density at radius 3 is 2.14 bits per heavy atom. The number of halogens is 1. The summed E-state index contributed by atoms with van der Waals surface area (Å²) < 4.78 is 5.91. The Labute approximate surface area is 90.2 Å². The van der Waals surface area contributed by atoms with Crippen molar-refractivity contribution in [3.05, 3.63) is 27.7 Å². The van der Waals surface area contributed by atoms with E-state index in [2.05, 4.69) is 15.9 Å². The summed E-state index contributed by atoms with van der Waals surface area (Å²) in [6, 6.07) is 3.23. The summed E-state index contributed by atoms with van der Waals surface area (Å²) in [5.74, 6) is 0.348. The maximum atomic E-state index is 10.7. The summed E-state index contributed by atoms with van der Waals surface area (Å²) in [7, 11) is 0. The zero-order valence-electron chi connectivity index (χ0n) is 7.62. The smallest absolute Gasteiger partial charge is 0.153 e. The minimum atomic E-state index is 0.348. The molecule has 14 heavy (non-hydrogen) atoms. The van der Waals surface area contributed by atoms with Crippen LogP contribution in [0.3, 0.4) is 0 Å². The number of hydrogen-bond donors (Lipinski definition) is 0. The van der Waals surface area contributed by atoms with E-state index in [0.29, 0.717) is 40.5 Å². The van der Waals surface area contributed by atoms with E-state index in [1.165, 1.54) is 0 Å². The first-order chi connectivity index (χ1) is 6.72. The zero-order valence-corrected chi connectivity index (χ0v) is 9.21. The molecule has 3 nitrogen and oxygen atoms in total. The molecule has 1 rings (SSSR count). The van der Waals surface area contributed by atoms with Gasteiger partial charge >= 0.3 is 0 Å². The summed E-state index contributed by atoms with van der Waals surface area (Å²) >= 11 is 3.21. The average molecular weight is 257 g/mol. The van der Waals surface area contributed by atoms with Crippen LogP contribution in [0.5, 0.6) is 5.75 Å². The molecule has 0 N–H and O–H groups in total. The summed E-state index contributed by atoms with van der Waals surface area (Å²) in [5, 5.41) is 0. The first-order valence-corrected chi connectivity index (χ1v) is 4.89. The van der Waals surface area contributed by atoms with Gasteiger partial charge in [-0.2, -0.15) is 0 Å². The normalized spacial score (nSPS) is 9.57. The fraction of sp³-hybridized carbons (Fsp3) is 0.200. The molecule has 1 aromatic rings. The fourth-order valence-corrected chi connectivity index (χ4v) is 1.62. The summed E-state index contributed by atoms with van der Waals surface area (Å²) in [5.41, 5.74) is 0.756.